The van der Waals surface area contributed by atoms with Crippen LogP contribution >= 0.6 is 0 Å². The van der Waals surface area contributed by atoms with E-state index >= 15 is 0 Å². The van der Waals surface area contributed by atoms with E-state index in [0.717, 1.165) is 18.7 Å². The van der Waals surface area contributed by atoms with Crippen molar-refractivity contribution in [2.75, 3.05) is 13.7 Å². The minimum atomic E-state index is 0.331. The molecule has 0 aliphatic carbocycles. The molecule has 0 saturated carbocycles. The Morgan fingerprint density at radius 2 is 1.95 bits per heavy atom. The monoisotopic (exact) mass is 263 g/mol. The molecule has 0 fully saturated rings. The van der Waals surface area contributed by atoms with E-state index in [4.69, 9.17) is 4.74 Å². The van der Waals surface area contributed by atoms with Crippen molar-refractivity contribution in [2.24, 2.45) is 5.41 Å². The zero-order chi connectivity index (χ0) is 14.5. The largest absolute Gasteiger partial charge is 0.496 e. The van der Waals surface area contributed by atoms with Gasteiger partial charge in [-0.25, -0.2) is 0 Å². The Kier molecular flexibility index (Phi) is 5.86. The predicted molar refractivity (Wildman–Crippen MR) is 83.0 cm³/mol. The van der Waals surface area contributed by atoms with Gasteiger partial charge in [0.2, 0.25) is 0 Å². The zero-order valence-electron chi connectivity index (χ0n) is 13.3. The van der Waals surface area contributed by atoms with Gasteiger partial charge in [0.05, 0.1) is 7.11 Å². The Labute approximate surface area is 118 Å². The number of aryl methyl sites for hydroxylation is 2. The molecule has 0 heterocycles. The van der Waals surface area contributed by atoms with Crippen molar-refractivity contribution in [1.82, 2.24) is 5.32 Å². The van der Waals surface area contributed by atoms with E-state index in [1.54, 1.807) is 7.11 Å². The summed E-state index contributed by atoms with van der Waals surface area (Å²) in [6.45, 7) is 12.2. The summed E-state index contributed by atoms with van der Waals surface area (Å²) in [5.41, 5.74) is 2.95. The van der Waals surface area contributed by atoms with E-state index in [1.807, 2.05) is 0 Å². The smallest absolute Gasteiger partial charge is 0.121 e. The Morgan fingerprint density at radius 1 is 1.26 bits per heavy atom. The molecule has 1 N–H and O–H groups in total. The average molecular weight is 263 g/mol. The summed E-state index contributed by atoms with van der Waals surface area (Å²) in [5.74, 6) is 0.976. The first-order valence-corrected chi connectivity index (χ1v) is 7.21. The highest BCUT2D eigenvalue weighted by Crippen LogP contribution is 2.24. The maximum Gasteiger partial charge on any atom is 0.121 e. The third kappa shape index (κ3) is 5.65. The molecule has 108 valence electrons. The zero-order valence-corrected chi connectivity index (χ0v) is 13.3. The molecule has 0 amide bonds. The van der Waals surface area contributed by atoms with Crippen LogP contribution in [0.2, 0.25) is 0 Å². The first-order chi connectivity index (χ1) is 8.84. The van der Waals surface area contributed by atoms with Gasteiger partial charge in [0.1, 0.15) is 5.75 Å². The van der Waals surface area contributed by atoms with Gasteiger partial charge >= 0.3 is 0 Å². The summed E-state index contributed by atoms with van der Waals surface area (Å²) in [4.78, 5) is 0. The van der Waals surface area contributed by atoms with Crippen molar-refractivity contribution in [1.29, 1.82) is 0 Å². The number of hydrogen-bond donors (Lipinski definition) is 1. The van der Waals surface area contributed by atoms with Gasteiger partial charge in [0, 0.05) is 12.6 Å². The molecule has 0 spiro atoms. The van der Waals surface area contributed by atoms with Crippen molar-refractivity contribution in [3.63, 3.8) is 0 Å². The second kappa shape index (κ2) is 6.95. The Hall–Kier alpha value is -1.02. The fourth-order valence-corrected chi connectivity index (χ4v) is 2.15. The number of methoxy groups -OCH3 is 1. The molecule has 2 heteroatoms. The van der Waals surface area contributed by atoms with E-state index in [9.17, 15) is 0 Å². The normalized spacial score (nSPS) is 11.9. The maximum atomic E-state index is 5.30. The third-order valence-electron chi connectivity index (χ3n) is 3.54. The molecule has 1 aromatic rings. The van der Waals surface area contributed by atoms with E-state index in [2.05, 4.69) is 58.1 Å². The molecular formula is C17H29NO. The Bertz CT molecular complexity index is 396. The molecule has 0 unspecified atom stereocenters. The van der Waals surface area contributed by atoms with Crippen LogP contribution in [0.4, 0.5) is 0 Å². The molecule has 0 radical (unpaired) electrons. The SMILES string of the molecule is COc1ccc(CCC(C)(C)CNC(C)C)cc1C. The fraction of sp³-hybridized carbons (Fsp3) is 0.647. The number of hydrogen-bond acceptors (Lipinski definition) is 2. The molecule has 1 rings (SSSR count). The van der Waals surface area contributed by atoms with E-state index in [-0.39, 0.29) is 0 Å². The summed E-state index contributed by atoms with van der Waals surface area (Å²) in [6.07, 6.45) is 2.32. The highest BCUT2D eigenvalue weighted by atomic mass is 16.5. The van der Waals surface area contributed by atoms with Gasteiger partial charge in [-0.3, -0.25) is 0 Å². The summed E-state index contributed by atoms with van der Waals surface area (Å²) < 4.78 is 5.30. The second-order valence-corrected chi connectivity index (χ2v) is 6.50. The van der Waals surface area contributed by atoms with E-state index in [0.29, 0.717) is 11.5 Å². The lowest BCUT2D eigenvalue weighted by atomic mass is 9.86. The lowest BCUT2D eigenvalue weighted by Gasteiger charge is -2.26. The molecule has 0 aliphatic rings. The number of ether oxygens (including phenoxy) is 1. The summed E-state index contributed by atoms with van der Waals surface area (Å²) in [5, 5.41) is 3.53. The van der Waals surface area contributed by atoms with Gasteiger partial charge in [0.15, 0.2) is 0 Å². The Morgan fingerprint density at radius 3 is 2.47 bits per heavy atom. The molecule has 0 aromatic heterocycles. The van der Waals surface area contributed by atoms with Crippen LogP contribution in [-0.4, -0.2) is 19.7 Å². The van der Waals surface area contributed by atoms with Crippen LogP contribution in [-0.2, 0) is 6.42 Å². The first-order valence-electron chi connectivity index (χ1n) is 7.21. The number of rotatable bonds is 7. The van der Waals surface area contributed by atoms with Gasteiger partial charge in [0.25, 0.3) is 0 Å². The quantitative estimate of drug-likeness (QED) is 0.804. The van der Waals surface area contributed by atoms with Crippen molar-refractivity contribution in [3.8, 4) is 5.75 Å². The topological polar surface area (TPSA) is 21.3 Å². The lowest BCUT2D eigenvalue weighted by molar-refractivity contribution is 0.304. The van der Waals surface area contributed by atoms with Crippen molar-refractivity contribution in [3.05, 3.63) is 29.3 Å². The minimum absolute atomic E-state index is 0.331. The van der Waals surface area contributed by atoms with Gasteiger partial charge in [-0.1, -0.05) is 39.8 Å². The third-order valence-corrected chi connectivity index (χ3v) is 3.54. The van der Waals surface area contributed by atoms with Gasteiger partial charge in [-0.05, 0) is 42.4 Å². The first kappa shape index (κ1) is 16.0. The number of benzene rings is 1. The van der Waals surface area contributed by atoms with Crippen LogP contribution in [0.25, 0.3) is 0 Å². The van der Waals surface area contributed by atoms with Crippen LogP contribution in [0.15, 0.2) is 18.2 Å². The standard InChI is InChI=1S/C17H29NO/c1-13(2)18-12-17(4,5)10-9-15-7-8-16(19-6)14(3)11-15/h7-8,11,13,18H,9-10,12H2,1-6H3. The van der Waals surface area contributed by atoms with Crippen LogP contribution in [0.5, 0.6) is 5.75 Å². The lowest BCUT2D eigenvalue weighted by Crippen LogP contribution is -2.34. The van der Waals surface area contributed by atoms with E-state index < -0.39 is 0 Å². The predicted octanol–water partition coefficient (Wildman–Crippen LogP) is 3.96. The summed E-state index contributed by atoms with van der Waals surface area (Å²) in [7, 11) is 1.72. The second-order valence-electron chi connectivity index (χ2n) is 6.50. The van der Waals surface area contributed by atoms with E-state index in [1.165, 1.54) is 17.5 Å². The molecule has 0 bridgehead atoms. The highest BCUT2D eigenvalue weighted by Gasteiger charge is 2.17. The van der Waals surface area contributed by atoms with Crippen molar-refractivity contribution >= 4 is 0 Å². The van der Waals surface area contributed by atoms with Crippen LogP contribution < -0.4 is 10.1 Å². The Balaban J connectivity index is 2.53. The summed E-state index contributed by atoms with van der Waals surface area (Å²) in [6, 6.07) is 7.05. The molecule has 0 atom stereocenters. The van der Waals surface area contributed by atoms with Crippen LogP contribution in [0, 0.1) is 12.3 Å². The van der Waals surface area contributed by atoms with Crippen molar-refractivity contribution < 1.29 is 4.74 Å². The fourth-order valence-electron chi connectivity index (χ4n) is 2.15. The molecule has 19 heavy (non-hydrogen) atoms. The molecule has 1 aromatic carbocycles. The van der Waals surface area contributed by atoms with Gasteiger partial charge in [-0.15, -0.1) is 0 Å². The highest BCUT2D eigenvalue weighted by molar-refractivity contribution is 5.36. The molecule has 0 saturated heterocycles. The van der Waals surface area contributed by atoms with Gasteiger partial charge in [-0.2, -0.15) is 0 Å². The van der Waals surface area contributed by atoms with Gasteiger partial charge < -0.3 is 10.1 Å². The van der Waals surface area contributed by atoms with Crippen LogP contribution in [0.1, 0.15) is 45.2 Å². The minimum Gasteiger partial charge on any atom is -0.496 e. The molecular weight excluding hydrogens is 234 g/mol. The summed E-state index contributed by atoms with van der Waals surface area (Å²) >= 11 is 0. The average Bonchev–Trinajstić information content (AvgIpc) is 2.34. The maximum absolute atomic E-state index is 5.30. The number of nitrogens with one attached hydrogen (secondary N) is 1. The van der Waals surface area contributed by atoms with Crippen molar-refractivity contribution in [2.45, 2.75) is 53.5 Å². The molecule has 2 nitrogen and oxygen atoms in total. The molecule has 0 aliphatic heterocycles. The van der Waals surface area contributed by atoms with Crippen LogP contribution in [0.3, 0.4) is 0 Å².